The first-order valence-electron chi connectivity index (χ1n) is 8.09. The number of hydrogen-bond acceptors (Lipinski definition) is 4. The van der Waals surface area contributed by atoms with Crippen LogP contribution in [0, 0.1) is 0 Å². The van der Waals surface area contributed by atoms with Crippen molar-refractivity contribution in [3.05, 3.63) is 52.0 Å². The van der Waals surface area contributed by atoms with Gasteiger partial charge in [0.2, 0.25) is 15.9 Å². The topological polar surface area (TPSA) is 75.7 Å². The summed E-state index contributed by atoms with van der Waals surface area (Å²) in [5.41, 5.74) is 0.518. The van der Waals surface area contributed by atoms with Gasteiger partial charge in [-0.15, -0.1) is 0 Å². The average molecular weight is 476 g/mol. The van der Waals surface area contributed by atoms with Crippen LogP contribution >= 0.6 is 27.5 Å². The van der Waals surface area contributed by atoms with Gasteiger partial charge in [-0.3, -0.25) is 4.79 Å². The second kappa shape index (κ2) is 9.54. The molecule has 0 atom stereocenters. The van der Waals surface area contributed by atoms with Crippen molar-refractivity contribution in [2.45, 2.75) is 17.7 Å². The highest BCUT2D eigenvalue weighted by molar-refractivity contribution is 9.10. The Morgan fingerprint density at radius 3 is 2.48 bits per heavy atom. The summed E-state index contributed by atoms with van der Waals surface area (Å²) in [6.45, 7) is 0.218. The maximum atomic E-state index is 12.5. The molecule has 0 aliphatic rings. The number of sulfonamides is 1. The number of anilines is 1. The smallest absolute Gasteiger partial charge is 0.242 e. The van der Waals surface area contributed by atoms with Crippen molar-refractivity contribution < 1.29 is 17.9 Å². The quantitative estimate of drug-likeness (QED) is 0.622. The lowest BCUT2D eigenvalue weighted by molar-refractivity contribution is -0.116. The van der Waals surface area contributed by atoms with Crippen LogP contribution in [0.25, 0.3) is 0 Å². The van der Waals surface area contributed by atoms with Gasteiger partial charge < -0.3 is 10.1 Å². The SMILES string of the molecule is COc1ccc(S(=O)(=O)N(C)CCCC(=O)Nc2ccc(Br)cc2Cl)cc1. The molecule has 0 saturated heterocycles. The van der Waals surface area contributed by atoms with E-state index in [0.717, 1.165) is 4.47 Å². The molecule has 0 fully saturated rings. The second-order valence-corrected chi connectivity index (χ2v) is 9.15. The number of ether oxygens (including phenoxy) is 1. The summed E-state index contributed by atoms with van der Waals surface area (Å²) in [6.07, 6.45) is 0.556. The lowest BCUT2D eigenvalue weighted by Gasteiger charge is -2.17. The highest BCUT2D eigenvalue weighted by Crippen LogP contribution is 2.26. The molecule has 0 heterocycles. The minimum absolute atomic E-state index is 0.175. The molecule has 0 aromatic heterocycles. The van der Waals surface area contributed by atoms with E-state index < -0.39 is 10.0 Å². The van der Waals surface area contributed by atoms with Crippen molar-refractivity contribution in [1.82, 2.24) is 4.31 Å². The molecular formula is C18H20BrClN2O4S. The maximum absolute atomic E-state index is 12.5. The number of rotatable bonds is 8. The number of halogens is 2. The van der Waals surface area contributed by atoms with Gasteiger partial charge in [-0.1, -0.05) is 27.5 Å². The molecule has 0 spiro atoms. The van der Waals surface area contributed by atoms with Crippen molar-refractivity contribution in [2.24, 2.45) is 0 Å². The molecule has 2 aromatic carbocycles. The van der Waals surface area contributed by atoms with Crippen LogP contribution in [0.5, 0.6) is 5.75 Å². The third-order valence-corrected chi connectivity index (χ3v) is 6.53. The number of carbonyl (C=O) groups is 1. The Morgan fingerprint density at radius 1 is 1.22 bits per heavy atom. The van der Waals surface area contributed by atoms with Crippen LogP contribution in [-0.2, 0) is 14.8 Å². The molecule has 146 valence electrons. The molecule has 0 aliphatic heterocycles. The summed E-state index contributed by atoms with van der Waals surface area (Å²) in [4.78, 5) is 12.2. The van der Waals surface area contributed by atoms with Crippen LogP contribution in [0.2, 0.25) is 5.02 Å². The third-order valence-electron chi connectivity index (χ3n) is 3.85. The van der Waals surface area contributed by atoms with E-state index >= 15 is 0 Å². The Bertz CT molecular complexity index is 904. The molecule has 6 nitrogen and oxygen atoms in total. The predicted octanol–water partition coefficient (Wildman–Crippen LogP) is 4.15. The fraction of sp³-hybridized carbons (Fsp3) is 0.278. The fourth-order valence-corrected chi connectivity index (χ4v) is 4.24. The first-order valence-corrected chi connectivity index (χ1v) is 10.7. The fourth-order valence-electron chi connectivity index (χ4n) is 2.31. The standard InChI is InChI=1S/C18H20BrClN2O4S/c1-22(27(24,25)15-8-6-14(26-2)7-9-15)11-3-4-18(23)21-17-10-5-13(19)12-16(17)20/h5-10,12H,3-4,11H2,1-2H3,(H,21,23). The number of carbonyl (C=O) groups excluding carboxylic acids is 1. The highest BCUT2D eigenvalue weighted by Gasteiger charge is 2.20. The molecule has 27 heavy (non-hydrogen) atoms. The number of nitrogens with zero attached hydrogens (tertiary/aromatic N) is 1. The van der Waals surface area contributed by atoms with Crippen LogP contribution in [0.15, 0.2) is 51.8 Å². The Kier molecular flexibility index (Phi) is 7.67. The summed E-state index contributed by atoms with van der Waals surface area (Å²) in [7, 11) is -0.607. The normalized spacial score (nSPS) is 11.4. The van der Waals surface area contributed by atoms with Gasteiger partial charge in [0.1, 0.15) is 5.75 Å². The van der Waals surface area contributed by atoms with Crippen molar-refractivity contribution in [3.8, 4) is 5.75 Å². The average Bonchev–Trinajstić information content (AvgIpc) is 2.64. The zero-order chi connectivity index (χ0) is 20.0. The number of methoxy groups -OCH3 is 1. The lowest BCUT2D eigenvalue weighted by atomic mass is 10.2. The van der Waals surface area contributed by atoms with Crippen LogP contribution in [0.4, 0.5) is 5.69 Å². The van der Waals surface area contributed by atoms with E-state index in [9.17, 15) is 13.2 Å². The predicted molar refractivity (Wildman–Crippen MR) is 110 cm³/mol. The number of nitrogens with one attached hydrogen (secondary N) is 1. The zero-order valence-electron chi connectivity index (χ0n) is 14.9. The van der Waals surface area contributed by atoms with Gasteiger partial charge in [0.25, 0.3) is 0 Å². The van der Waals surface area contributed by atoms with E-state index in [1.807, 2.05) is 0 Å². The van der Waals surface area contributed by atoms with Crippen molar-refractivity contribution in [1.29, 1.82) is 0 Å². The van der Waals surface area contributed by atoms with E-state index in [4.69, 9.17) is 16.3 Å². The summed E-state index contributed by atoms with van der Waals surface area (Å²) in [5.74, 6) is 0.356. The van der Waals surface area contributed by atoms with E-state index in [2.05, 4.69) is 21.2 Å². The molecule has 2 rings (SSSR count). The summed E-state index contributed by atoms with van der Waals surface area (Å²) in [5, 5.41) is 3.15. The van der Waals surface area contributed by atoms with E-state index in [1.54, 1.807) is 30.3 Å². The van der Waals surface area contributed by atoms with Crippen LogP contribution in [0.1, 0.15) is 12.8 Å². The summed E-state index contributed by atoms with van der Waals surface area (Å²) < 4.78 is 32.2. The van der Waals surface area contributed by atoms with Gasteiger partial charge >= 0.3 is 0 Å². The summed E-state index contributed by atoms with van der Waals surface area (Å²) in [6, 6.07) is 11.3. The maximum Gasteiger partial charge on any atom is 0.242 e. The molecule has 0 aliphatic carbocycles. The van der Waals surface area contributed by atoms with E-state index in [-0.39, 0.29) is 23.8 Å². The van der Waals surface area contributed by atoms with Gasteiger partial charge in [0.15, 0.2) is 0 Å². The monoisotopic (exact) mass is 474 g/mol. The zero-order valence-corrected chi connectivity index (χ0v) is 18.1. The lowest BCUT2D eigenvalue weighted by Crippen LogP contribution is -2.28. The second-order valence-electron chi connectivity index (χ2n) is 5.78. The van der Waals surface area contributed by atoms with Crippen LogP contribution in [-0.4, -0.2) is 39.3 Å². The molecule has 0 saturated carbocycles. The van der Waals surface area contributed by atoms with Gasteiger partial charge in [0.05, 0.1) is 22.7 Å². The van der Waals surface area contributed by atoms with E-state index in [0.29, 0.717) is 22.9 Å². The molecule has 1 N–H and O–H groups in total. The number of benzene rings is 2. The minimum Gasteiger partial charge on any atom is -0.497 e. The van der Waals surface area contributed by atoms with Gasteiger partial charge in [-0.05, 0) is 48.9 Å². The number of amides is 1. The van der Waals surface area contributed by atoms with Crippen molar-refractivity contribution in [3.63, 3.8) is 0 Å². The Morgan fingerprint density at radius 2 is 1.89 bits per heavy atom. The molecule has 0 radical (unpaired) electrons. The summed E-state index contributed by atoms with van der Waals surface area (Å²) >= 11 is 9.37. The first kappa shape index (κ1) is 21.7. The minimum atomic E-state index is -3.61. The largest absolute Gasteiger partial charge is 0.497 e. The van der Waals surface area contributed by atoms with Crippen molar-refractivity contribution in [2.75, 3.05) is 26.0 Å². The van der Waals surface area contributed by atoms with Gasteiger partial charge in [-0.2, -0.15) is 0 Å². The van der Waals surface area contributed by atoms with Crippen LogP contribution in [0.3, 0.4) is 0 Å². The highest BCUT2D eigenvalue weighted by atomic mass is 79.9. The molecule has 0 bridgehead atoms. The van der Waals surface area contributed by atoms with Gasteiger partial charge in [-0.25, -0.2) is 12.7 Å². The van der Waals surface area contributed by atoms with E-state index in [1.165, 1.54) is 30.6 Å². The van der Waals surface area contributed by atoms with Crippen LogP contribution < -0.4 is 10.1 Å². The first-order chi connectivity index (χ1) is 12.7. The molecular weight excluding hydrogens is 456 g/mol. The van der Waals surface area contributed by atoms with Crippen molar-refractivity contribution >= 4 is 49.1 Å². The Balaban J connectivity index is 1.88. The Hall–Kier alpha value is -1.61. The molecule has 2 aromatic rings. The number of hydrogen-bond donors (Lipinski definition) is 1. The Labute approximate surface area is 172 Å². The molecule has 0 unspecified atom stereocenters. The molecule has 9 heteroatoms. The van der Waals surface area contributed by atoms with Gasteiger partial charge in [0, 0.05) is 24.5 Å². The third kappa shape index (κ3) is 5.93. The molecule has 1 amide bonds.